The van der Waals surface area contributed by atoms with Gasteiger partial charge in [-0.25, -0.2) is 4.98 Å². The Morgan fingerprint density at radius 2 is 2.10 bits per heavy atom. The second-order valence-corrected chi connectivity index (χ2v) is 7.48. The van der Waals surface area contributed by atoms with Crippen molar-refractivity contribution in [2.24, 2.45) is 0 Å². The molecule has 114 valence electrons. The third kappa shape index (κ3) is 5.99. The number of nitrogens with zero attached hydrogens (tertiary/aromatic N) is 1. The summed E-state index contributed by atoms with van der Waals surface area (Å²) in [7, 11) is 0. The van der Waals surface area contributed by atoms with Gasteiger partial charge in [-0.15, -0.1) is 23.1 Å². The summed E-state index contributed by atoms with van der Waals surface area (Å²) in [4.78, 5) is 5.84. The fraction of sp³-hybridized carbons (Fsp3) is 0.438. The summed E-state index contributed by atoms with van der Waals surface area (Å²) in [5.41, 5.74) is 1.12. The largest absolute Gasteiger partial charge is 0.313 e. The van der Waals surface area contributed by atoms with Crippen LogP contribution in [0.4, 0.5) is 0 Å². The van der Waals surface area contributed by atoms with Crippen LogP contribution in [0, 0.1) is 6.92 Å². The molecule has 0 aliphatic carbocycles. The molecule has 5 heteroatoms. The van der Waals surface area contributed by atoms with Crippen molar-refractivity contribution in [3.8, 4) is 0 Å². The van der Waals surface area contributed by atoms with E-state index in [1.807, 2.05) is 23.9 Å². The van der Waals surface area contributed by atoms with Crippen LogP contribution < -0.4 is 5.32 Å². The minimum Gasteiger partial charge on any atom is -0.313 e. The average molecular weight is 341 g/mol. The fourth-order valence-corrected chi connectivity index (χ4v) is 3.91. The number of halogens is 1. The van der Waals surface area contributed by atoms with Crippen molar-refractivity contribution in [1.29, 1.82) is 0 Å². The molecule has 1 aromatic heterocycles. The standard InChI is InChI=1S/C16H21ClN2S2/c1-3-8-18-14(9-16-19-12(2)10-21-16)11-20-15-6-4-13(17)5-7-15/h4-7,10,14,18H,3,8-9,11H2,1-2H3. The molecular formula is C16H21ClN2S2. The molecule has 0 aliphatic rings. The van der Waals surface area contributed by atoms with Crippen LogP contribution in [0.5, 0.6) is 0 Å². The number of thiazole rings is 1. The first-order chi connectivity index (χ1) is 10.2. The summed E-state index contributed by atoms with van der Waals surface area (Å²) in [5, 5.41) is 7.76. The number of thioether (sulfide) groups is 1. The van der Waals surface area contributed by atoms with Gasteiger partial charge in [0, 0.05) is 39.2 Å². The zero-order valence-electron chi connectivity index (χ0n) is 12.4. The van der Waals surface area contributed by atoms with E-state index in [1.54, 1.807) is 11.3 Å². The van der Waals surface area contributed by atoms with Crippen LogP contribution in [0.3, 0.4) is 0 Å². The highest BCUT2D eigenvalue weighted by atomic mass is 35.5. The number of hydrogen-bond donors (Lipinski definition) is 1. The maximum absolute atomic E-state index is 5.92. The summed E-state index contributed by atoms with van der Waals surface area (Å²) in [6.07, 6.45) is 2.15. The van der Waals surface area contributed by atoms with Crippen molar-refractivity contribution in [2.75, 3.05) is 12.3 Å². The molecule has 0 amide bonds. The molecule has 0 fully saturated rings. The van der Waals surface area contributed by atoms with Crippen molar-refractivity contribution < 1.29 is 0 Å². The molecule has 1 atom stereocenters. The molecule has 0 spiro atoms. The second-order valence-electron chi connectivity index (χ2n) is 5.00. The number of aromatic nitrogens is 1. The van der Waals surface area contributed by atoms with E-state index < -0.39 is 0 Å². The minimum absolute atomic E-state index is 0.455. The third-order valence-corrected chi connectivity index (χ3v) is 5.45. The number of aryl methyl sites for hydroxylation is 1. The molecule has 0 saturated carbocycles. The van der Waals surface area contributed by atoms with E-state index >= 15 is 0 Å². The molecule has 1 aromatic carbocycles. The van der Waals surface area contributed by atoms with E-state index in [2.05, 4.69) is 41.7 Å². The summed E-state index contributed by atoms with van der Waals surface area (Å²) < 4.78 is 0. The summed E-state index contributed by atoms with van der Waals surface area (Å²) in [6.45, 7) is 5.30. The lowest BCUT2D eigenvalue weighted by molar-refractivity contribution is 0.549. The fourth-order valence-electron chi connectivity index (χ4n) is 1.97. The first-order valence-electron chi connectivity index (χ1n) is 7.20. The lowest BCUT2D eigenvalue weighted by atomic mass is 10.2. The monoisotopic (exact) mass is 340 g/mol. The number of nitrogens with one attached hydrogen (secondary N) is 1. The van der Waals surface area contributed by atoms with Crippen molar-refractivity contribution >= 4 is 34.7 Å². The molecule has 2 nitrogen and oxygen atoms in total. The van der Waals surface area contributed by atoms with Gasteiger partial charge in [-0.05, 0) is 44.2 Å². The summed E-state index contributed by atoms with van der Waals surface area (Å²) in [5.74, 6) is 1.04. The molecule has 1 N–H and O–H groups in total. The molecule has 1 unspecified atom stereocenters. The Morgan fingerprint density at radius 1 is 1.33 bits per heavy atom. The van der Waals surface area contributed by atoms with Gasteiger partial charge < -0.3 is 5.32 Å². The van der Waals surface area contributed by atoms with Gasteiger partial charge >= 0.3 is 0 Å². The second kappa shape index (κ2) is 8.79. The zero-order valence-corrected chi connectivity index (χ0v) is 14.8. The molecular weight excluding hydrogens is 320 g/mol. The van der Waals surface area contributed by atoms with Crippen molar-refractivity contribution in [1.82, 2.24) is 10.3 Å². The van der Waals surface area contributed by atoms with Gasteiger partial charge in [-0.1, -0.05) is 18.5 Å². The molecule has 1 heterocycles. The Hall–Kier alpha value is -0.550. The molecule has 0 aliphatic heterocycles. The van der Waals surface area contributed by atoms with E-state index in [0.717, 1.165) is 35.9 Å². The highest BCUT2D eigenvalue weighted by Crippen LogP contribution is 2.22. The Kier molecular flexibility index (Phi) is 7.04. The molecule has 21 heavy (non-hydrogen) atoms. The topological polar surface area (TPSA) is 24.9 Å². The van der Waals surface area contributed by atoms with E-state index in [-0.39, 0.29) is 0 Å². The molecule has 2 aromatic rings. The van der Waals surface area contributed by atoms with Crippen molar-refractivity contribution in [3.05, 3.63) is 45.4 Å². The van der Waals surface area contributed by atoms with Gasteiger partial charge in [-0.3, -0.25) is 0 Å². The predicted octanol–water partition coefficient (Wildman–Crippen LogP) is 4.81. The van der Waals surface area contributed by atoms with Gasteiger partial charge in [0.15, 0.2) is 0 Å². The summed E-state index contributed by atoms with van der Waals surface area (Å²) in [6, 6.07) is 8.51. The Labute approximate surface area is 140 Å². The minimum atomic E-state index is 0.455. The van der Waals surface area contributed by atoms with E-state index in [9.17, 15) is 0 Å². The van der Waals surface area contributed by atoms with Crippen LogP contribution in [0.2, 0.25) is 5.02 Å². The highest BCUT2D eigenvalue weighted by Gasteiger charge is 2.12. The maximum atomic E-state index is 5.92. The lowest BCUT2D eigenvalue weighted by Gasteiger charge is -2.17. The first kappa shape index (κ1) is 16.8. The van der Waals surface area contributed by atoms with Crippen LogP contribution in [-0.2, 0) is 6.42 Å². The maximum Gasteiger partial charge on any atom is 0.0943 e. The van der Waals surface area contributed by atoms with Crippen molar-refractivity contribution in [2.45, 2.75) is 37.6 Å². The van der Waals surface area contributed by atoms with Crippen LogP contribution >= 0.6 is 34.7 Å². The van der Waals surface area contributed by atoms with E-state index in [0.29, 0.717) is 6.04 Å². The van der Waals surface area contributed by atoms with Gasteiger partial charge in [0.05, 0.1) is 5.01 Å². The SMILES string of the molecule is CCCNC(CSc1ccc(Cl)cc1)Cc1nc(C)cs1. The Bertz CT molecular complexity index is 539. The quantitative estimate of drug-likeness (QED) is 0.698. The van der Waals surface area contributed by atoms with E-state index in [1.165, 1.54) is 9.90 Å². The smallest absolute Gasteiger partial charge is 0.0943 e. The van der Waals surface area contributed by atoms with Gasteiger partial charge in [0.2, 0.25) is 0 Å². The Morgan fingerprint density at radius 3 is 2.71 bits per heavy atom. The lowest BCUT2D eigenvalue weighted by Crippen LogP contribution is -2.34. The van der Waals surface area contributed by atoms with Crippen LogP contribution in [0.25, 0.3) is 0 Å². The average Bonchev–Trinajstić information content (AvgIpc) is 2.89. The number of rotatable bonds is 8. The molecule has 2 rings (SSSR count). The normalized spacial score (nSPS) is 12.5. The highest BCUT2D eigenvalue weighted by molar-refractivity contribution is 7.99. The first-order valence-corrected chi connectivity index (χ1v) is 9.44. The van der Waals surface area contributed by atoms with Crippen LogP contribution in [-0.4, -0.2) is 23.3 Å². The summed E-state index contributed by atoms with van der Waals surface area (Å²) >= 11 is 9.55. The molecule has 0 bridgehead atoms. The number of benzene rings is 1. The third-order valence-electron chi connectivity index (χ3n) is 3.04. The Balaban J connectivity index is 1.90. The van der Waals surface area contributed by atoms with Crippen LogP contribution in [0.15, 0.2) is 34.5 Å². The van der Waals surface area contributed by atoms with E-state index in [4.69, 9.17) is 11.6 Å². The predicted molar refractivity (Wildman–Crippen MR) is 94.8 cm³/mol. The van der Waals surface area contributed by atoms with Gasteiger partial charge in [-0.2, -0.15) is 0 Å². The van der Waals surface area contributed by atoms with Crippen molar-refractivity contribution in [3.63, 3.8) is 0 Å². The zero-order chi connectivity index (χ0) is 15.1. The van der Waals surface area contributed by atoms with Gasteiger partial charge in [0.1, 0.15) is 0 Å². The number of hydrogen-bond acceptors (Lipinski definition) is 4. The van der Waals surface area contributed by atoms with Gasteiger partial charge in [0.25, 0.3) is 0 Å². The molecule has 0 radical (unpaired) electrons. The molecule has 0 saturated heterocycles. The van der Waals surface area contributed by atoms with Crippen LogP contribution in [0.1, 0.15) is 24.0 Å².